The molecule has 1 aromatic carbocycles. The summed E-state index contributed by atoms with van der Waals surface area (Å²) in [6.07, 6.45) is 4.40. The average Bonchev–Trinajstić information content (AvgIpc) is 3.13. The van der Waals surface area contributed by atoms with E-state index in [2.05, 4.69) is 23.6 Å². The number of carbonyl (C=O) groups is 1. The standard InChI is InChI=1S/C19H28N2O3.ClH/c1-14-6-7-15(12-21-19(22)16-4-2-8-20-11-16)18(10-14)24-13-17-5-3-9-23-17;/h6-7,10,16-17,20H,2-5,8-9,11-13H2,1H3,(H,21,22);1H. The topological polar surface area (TPSA) is 59.6 Å². The van der Waals surface area contributed by atoms with Crippen molar-refractivity contribution in [2.45, 2.75) is 45.3 Å². The first-order valence-electron chi connectivity index (χ1n) is 9.05. The van der Waals surface area contributed by atoms with Crippen molar-refractivity contribution in [3.63, 3.8) is 0 Å². The van der Waals surface area contributed by atoms with E-state index in [1.165, 1.54) is 0 Å². The number of carbonyl (C=O) groups excluding carboxylic acids is 1. The van der Waals surface area contributed by atoms with Crippen LogP contribution in [0.3, 0.4) is 0 Å². The first kappa shape index (κ1) is 20.0. The maximum atomic E-state index is 12.3. The lowest BCUT2D eigenvalue weighted by molar-refractivity contribution is -0.125. The highest BCUT2D eigenvalue weighted by Gasteiger charge is 2.21. The smallest absolute Gasteiger partial charge is 0.224 e. The number of piperidine rings is 1. The molecule has 1 aromatic rings. The maximum Gasteiger partial charge on any atom is 0.224 e. The molecule has 2 N–H and O–H groups in total. The second-order valence-electron chi connectivity index (χ2n) is 6.82. The predicted octanol–water partition coefficient (Wildman–Crippen LogP) is 2.59. The molecule has 2 fully saturated rings. The molecule has 0 aromatic heterocycles. The fraction of sp³-hybridized carbons (Fsp3) is 0.632. The molecule has 3 rings (SSSR count). The summed E-state index contributed by atoms with van der Waals surface area (Å²) in [5.41, 5.74) is 2.18. The molecule has 2 heterocycles. The fourth-order valence-corrected chi connectivity index (χ4v) is 3.30. The molecule has 0 bridgehead atoms. The van der Waals surface area contributed by atoms with E-state index in [4.69, 9.17) is 9.47 Å². The Bertz CT molecular complexity index is 556. The molecule has 2 saturated heterocycles. The molecule has 140 valence electrons. The van der Waals surface area contributed by atoms with Gasteiger partial charge in [0.2, 0.25) is 5.91 Å². The number of nitrogens with one attached hydrogen (secondary N) is 2. The number of amides is 1. The number of halogens is 1. The van der Waals surface area contributed by atoms with Crippen molar-refractivity contribution in [1.29, 1.82) is 0 Å². The highest BCUT2D eigenvalue weighted by atomic mass is 35.5. The van der Waals surface area contributed by atoms with Gasteiger partial charge in [0.1, 0.15) is 12.4 Å². The van der Waals surface area contributed by atoms with Gasteiger partial charge in [0.25, 0.3) is 0 Å². The second kappa shape index (κ2) is 10.00. The predicted molar refractivity (Wildman–Crippen MR) is 100 cm³/mol. The average molecular weight is 369 g/mol. The lowest BCUT2D eigenvalue weighted by Gasteiger charge is -2.22. The third-order valence-electron chi connectivity index (χ3n) is 4.79. The first-order valence-corrected chi connectivity index (χ1v) is 9.05. The van der Waals surface area contributed by atoms with Gasteiger partial charge in [-0.1, -0.05) is 12.1 Å². The number of rotatable bonds is 6. The highest BCUT2D eigenvalue weighted by molar-refractivity contribution is 5.85. The van der Waals surface area contributed by atoms with Gasteiger partial charge in [0.15, 0.2) is 0 Å². The Morgan fingerprint density at radius 1 is 1.36 bits per heavy atom. The van der Waals surface area contributed by atoms with Crippen LogP contribution in [-0.4, -0.2) is 38.3 Å². The Balaban J connectivity index is 0.00000225. The van der Waals surface area contributed by atoms with Crippen molar-refractivity contribution < 1.29 is 14.3 Å². The van der Waals surface area contributed by atoms with Crippen LogP contribution in [0.25, 0.3) is 0 Å². The summed E-state index contributed by atoms with van der Waals surface area (Å²) in [4.78, 5) is 12.3. The van der Waals surface area contributed by atoms with Crippen LogP contribution in [-0.2, 0) is 16.1 Å². The molecule has 0 aliphatic carbocycles. The van der Waals surface area contributed by atoms with E-state index in [-0.39, 0.29) is 30.3 Å². The van der Waals surface area contributed by atoms with Gasteiger partial charge in [0.05, 0.1) is 12.0 Å². The van der Waals surface area contributed by atoms with E-state index in [0.717, 1.165) is 62.3 Å². The summed E-state index contributed by atoms with van der Waals surface area (Å²) >= 11 is 0. The third kappa shape index (κ3) is 5.87. The Hall–Kier alpha value is -1.30. The van der Waals surface area contributed by atoms with Gasteiger partial charge >= 0.3 is 0 Å². The molecular formula is C19H29ClN2O3. The van der Waals surface area contributed by atoms with Gasteiger partial charge in [-0.3, -0.25) is 4.79 Å². The number of aryl methyl sites for hydroxylation is 1. The van der Waals surface area contributed by atoms with Crippen molar-refractivity contribution in [2.24, 2.45) is 5.92 Å². The van der Waals surface area contributed by atoms with Crippen LogP contribution in [0.5, 0.6) is 5.75 Å². The van der Waals surface area contributed by atoms with Gasteiger partial charge < -0.3 is 20.1 Å². The lowest BCUT2D eigenvalue weighted by atomic mass is 9.99. The summed E-state index contributed by atoms with van der Waals surface area (Å²) in [6.45, 7) is 5.77. The van der Waals surface area contributed by atoms with Crippen molar-refractivity contribution in [2.75, 3.05) is 26.3 Å². The lowest BCUT2D eigenvalue weighted by Crippen LogP contribution is -2.40. The zero-order valence-corrected chi connectivity index (χ0v) is 15.7. The van der Waals surface area contributed by atoms with E-state index >= 15 is 0 Å². The van der Waals surface area contributed by atoms with Crippen molar-refractivity contribution in [3.05, 3.63) is 29.3 Å². The van der Waals surface area contributed by atoms with Gasteiger partial charge in [-0.05, 0) is 50.8 Å². The molecule has 2 atom stereocenters. The van der Waals surface area contributed by atoms with Gasteiger partial charge in [-0.25, -0.2) is 0 Å². The van der Waals surface area contributed by atoms with Crippen LogP contribution in [0, 0.1) is 12.8 Å². The highest BCUT2D eigenvalue weighted by Crippen LogP contribution is 2.22. The maximum absolute atomic E-state index is 12.3. The van der Waals surface area contributed by atoms with Crippen LogP contribution in [0.1, 0.15) is 36.8 Å². The van der Waals surface area contributed by atoms with Crippen molar-refractivity contribution in [1.82, 2.24) is 10.6 Å². The number of hydrogen-bond donors (Lipinski definition) is 2. The van der Waals surface area contributed by atoms with E-state index in [0.29, 0.717) is 13.2 Å². The monoisotopic (exact) mass is 368 g/mol. The molecule has 2 aliphatic rings. The summed E-state index contributed by atoms with van der Waals surface area (Å²) in [5, 5.41) is 6.35. The normalized spacial score (nSPS) is 22.9. The Morgan fingerprint density at radius 2 is 2.24 bits per heavy atom. The van der Waals surface area contributed by atoms with Crippen LogP contribution in [0.15, 0.2) is 18.2 Å². The summed E-state index contributed by atoms with van der Waals surface area (Å²) in [7, 11) is 0. The van der Waals surface area contributed by atoms with Gasteiger partial charge in [-0.15, -0.1) is 12.4 Å². The number of benzene rings is 1. The first-order chi connectivity index (χ1) is 11.7. The molecule has 5 nitrogen and oxygen atoms in total. The van der Waals surface area contributed by atoms with Crippen LogP contribution >= 0.6 is 12.4 Å². The Labute approximate surface area is 156 Å². The zero-order valence-electron chi connectivity index (χ0n) is 14.9. The van der Waals surface area contributed by atoms with Gasteiger partial charge in [0, 0.05) is 25.3 Å². The molecule has 1 amide bonds. The summed E-state index contributed by atoms with van der Waals surface area (Å²) in [5.74, 6) is 1.07. The van der Waals surface area contributed by atoms with Crippen LogP contribution in [0.2, 0.25) is 0 Å². The number of hydrogen-bond acceptors (Lipinski definition) is 4. The Kier molecular flexibility index (Phi) is 8.00. The van der Waals surface area contributed by atoms with Crippen LogP contribution in [0.4, 0.5) is 0 Å². The summed E-state index contributed by atoms with van der Waals surface area (Å²) in [6, 6.07) is 6.14. The molecule has 2 unspecified atom stereocenters. The largest absolute Gasteiger partial charge is 0.491 e. The SMILES string of the molecule is Cc1ccc(CNC(=O)C2CCCNC2)c(OCC2CCCO2)c1.Cl. The quantitative estimate of drug-likeness (QED) is 0.810. The molecule has 25 heavy (non-hydrogen) atoms. The molecule has 0 spiro atoms. The van der Waals surface area contributed by atoms with E-state index in [1.54, 1.807) is 0 Å². The molecule has 6 heteroatoms. The van der Waals surface area contributed by atoms with Gasteiger partial charge in [-0.2, -0.15) is 0 Å². The minimum atomic E-state index is 0. The number of ether oxygens (including phenoxy) is 2. The zero-order chi connectivity index (χ0) is 16.8. The summed E-state index contributed by atoms with van der Waals surface area (Å²) < 4.78 is 11.6. The molecule has 0 radical (unpaired) electrons. The van der Waals surface area contributed by atoms with E-state index < -0.39 is 0 Å². The van der Waals surface area contributed by atoms with E-state index in [9.17, 15) is 4.79 Å². The second-order valence-corrected chi connectivity index (χ2v) is 6.82. The molecule has 0 saturated carbocycles. The minimum absolute atomic E-state index is 0. The molecular weight excluding hydrogens is 340 g/mol. The Morgan fingerprint density at radius 3 is 2.96 bits per heavy atom. The minimum Gasteiger partial charge on any atom is -0.491 e. The van der Waals surface area contributed by atoms with Crippen molar-refractivity contribution >= 4 is 18.3 Å². The van der Waals surface area contributed by atoms with Crippen LogP contribution < -0.4 is 15.4 Å². The third-order valence-corrected chi connectivity index (χ3v) is 4.79. The molecule has 2 aliphatic heterocycles. The fourth-order valence-electron chi connectivity index (χ4n) is 3.30. The van der Waals surface area contributed by atoms with E-state index in [1.807, 2.05) is 12.1 Å². The van der Waals surface area contributed by atoms with Crippen molar-refractivity contribution in [3.8, 4) is 5.75 Å².